The van der Waals surface area contributed by atoms with Crippen molar-refractivity contribution in [1.29, 1.82) is 0 Å². The molecular weight excluding hydrogens is 294 g/mol. The first-order valence-electron chi connectivity index (χ1n) is 6.50. The van der Waals surface area contributed by atoms with Gasteiger partial charge in [0, 0.05) is 11.4 Å². The predicted octanol–water partition coefficient (Wildman–Crippen LogP) is 1.99. The van der Waals surface area contributed by atoms with Crippen LogP contribution in [0.1, 0.15) is 10.9 Å². The highest BCUT2D eigenvalue weighted by molar-refractivity contribution is 8.00. The van der Waals surface area contributed by atoms with Crippen molar-refractivity contribution in [3.8, 4) is 0 Å². The lowest BCUT2D eigenvalue weighted by Crippen LogP contribution is -2.31. The van der Waals surface area contributed by atoms with E-state index in [0.29, 0.717) is 25.5 Å². The van der Waals surface area contributed by atoms with Crippen LogP contribution in [-0.4, -0.2) is 54.3 Å². The van der Waals surface area contributed by atoms with Crippen molar-refractivity contribution >= 4 is 29.4 Å². The van der Waals surface area contributed by atoms with Gasteiger partial charge in [-0.15, -0.1) is 23.5 Å². The molecule has 1 unspecified atom stereocenters. The van der Waals surface area contributed by atoms with E-state index in [-0.39, 0.29) is 17.9 Å². The molecule has 1 saturated heterocycles. The van der Waals surface area contributed by atoms with Gasteiger partial charge in [-0.2, -0.15) is 0 Å². The molecule has 0 aromatic heterocycles. The number of thioether (sulfide) groups is 2. The van der Waals surface area contributed by atoms with Crippen LogP contribution in [0.4, 0.5) is 0 Å². The number of aliphatic hydroxyl groups is 1. The van der Waals surface area contributed by atoms with Crippen molar-refractivity contribution in [2.24, 2.45) is 0 Å². The lowest BCUT2D eigenvalue weighted by Gasteiger charge is -2.24. The quantitative estimate of drug-likeness (QED) is 0.616. The highest BCUT2D eigenvalue weighted by Gasteiger charge is 2.32. The molecular formula is C14H19NO3S2. The average Bonchev–Trinajstić information content (AvgIpc) is 2.85. The second-order valence-corrected chi connectivity index (χ2v) is 6.31. The van der Waals surface area contributed by atoms with Gasteiger partial charge in [-0.1, -0.05) is 12.1 Å². The van der Waals surface area contributed by atoms with E-state index < -0.39 is 0 Å². The van der Waals surface area contributed by atoms with Crippen LogP contribution in [0.2, 0.25) is 0 Å². The maximum atomic E-state index is 11.9. The zero-order valence-electron chi connectivity index (χ0n) is 11.4. The monoisotopic (exact) mass is 313 g/mol. The molecule has 1 fully saturated rings. The van der Waals surface area contributed by atoms with E-state index in [4.69, 9.17) is 9.84 Å². The number of carbonyl (C=O) groups excluding carboxylic acids is 1. The van der Waals surface area contributed by atoms with Gasteiger partial charge in [-0.25, -0.2) is 0 Å². The number of nitrogens with zero attached hydrogens (tertiary/aromatic N) is 1. The summed E-state index contributed by atoms with van der Waals surface area (Å²) >= 11 is 3.36. The van der Waals surface area contributed by atoms with E-state index in [2.05, 4.69) is 24.3 Å². The van der Waals surface area contributed by atoms with Gasteiger partial charge in [-0.3, -0.25) is 4.79 Å². The first-order chi connectivity index (χ1) is 9.76. The molecule has 1 aliphatic rings. The Hall–Kier alpha value is -0.690. The zero-order chi connectivity index (χ0) is 14.4. The summed E-state index contributed by atoms with van der Waals surface area (Å²) < 4.78 is 5.26. The number of rotatable bonds is 7. The van der Waals surface area contributed by atoms with Crippen molar-refractivity contribution in [3.05, 3.63) is 29.8 Å². The molecule has 1 amide bonds. The molecule has 1 atom stereocenters. The van der Waals surface area contributed by atoms with E-state index in [1.807, 2.05) is 11.2 Å². The maximum Gasteiger partial charge on any atom is 0.233 e. The van der Waals surface area contributed by atoms with Gasteiger partial charge in [0.05, 0.1) is 25.6 Å². The molecule has 20 heavy (non-hydrogen) atoms. The molecule has 0 saturated carbocycles. The van der Waals surface area contributed by atoms with Crippen LogP contribution in [0.15, 0.2) is 29.2 Å². The summed E-state index contributed by atoms with van der Waals surface area (Å²) in [6.45, 7) is 1.37. The third-order valence-electron chi connectivity index (χ3n) is 3.08. The Kier molecular flexibility index (Phi) is 6.22. The molecule has 6 heteroatoms. The number of amides is 1. The summed E-state index contributed by atoms with van der Waals surface area (Å²) in [6.07, 6.45) is 2.05. The first kappa shape index (κ1) is 15.7. The lowest BCUT2D eigenvalue weighted by atomic mass is 10.2. The Morgan fingerprint density at radius 1 is 1.40 bits per heavy atom. The summed E-state index contributed by atoms with van der Waals surface area (Å²) in [5, 5.41) is 8.76. The largest absolute Gasteiger partial charge is 0.394 e. The topological polar surface area (TPSA) is 49.8 Å². The minimum Gasteiger partial charge on any atom is -0.394 e. The van der Waals surface area contributed by atoms with Crippen LogP contribution < -0.4 is 0 Å². The van der Waals surface area contributed by atoms with Gasteiger partial charge in [0.15, 0.2) is 0 Å². The van der Waals surface area contributed by atoms with E-state index >= 15 is 0 Å². The second-order valence-electron chi connectivity index (χ2n) is 4.36. The lowest BCUT2D eigenvalue weighted by molar-refractivity contribution is -0.128. The molecule has 110 valence electrons. The van der Waals surface area contributed by atoms with Crippen LogP contribution in [0.5, 0.6) is 0 Å². The molecule has 1 aromatic rings. The molecule has 2 rings (SSSR count). The van der Waals surface area contributed by atoms with Crippen molar-refractivity contribution in [2.45, 2.75) is 10.3 Å². The fourth-order valence-electron chi connectivity index (χ4n) is 2.07. The summed E-state index contributed by atoms with van der Waals surface area (Å²) in [6, 6.07) is 8.35. The van der Waals surface area contributed by atoms with Crippen molar-refractivity contribution in [2.75, 3.05) is 38.4 Å². The van der Waals surface area contributed by atoms with Gasteiger partial charge in [-0.05, 0) is 24.0 Å². The molecule has 0 bridgehead atoms. The smallest absolute Gasteiger partial charge is 0.233 e. The fraction of sp³-hybridized carbons (Fsp3) is 0.500. The number of ether oxygens (including phenoxy) is 1. The highest BCUT2D eigenvalue weighted by atomic mass is 32.2. The summed E-state index contributed by atoms with van der Waals surface area (Å²) in [4.78, 5) is 15.0. The van der Waals surface area contributed by atoms with Crippen LogP contribution in [0, 0.1) is 0 Å². The highest BCUT2D eigenvalue weighted by Crippen LogP contribution is 2.38. The number of aliphatic hydroxyl groups excluding tert-OH is 1. The van der Waals surface area contributed by atoms with Crippen molar-refractivity contribution in [1.82, 2.24) is 4.90 Å². The molecule has 1 heterocycles. The van der Waals surface area contributed by atoms with E-state index in [0.717, 1.165) is 5.56 Å². The van der Waals surface area contributed by atoms with Gasteiger partial charge in [0.25, 0.3) is 0 Å². The molecule has 0 spiro atoms. The van der Waals surface area contributed by atoms with Gasteiger partial charge in [0.1, 0.15) is 5.37 Å². The standard InChI is InChI=1S/C14H19NO3S2/c1-19-12-4-2-11(3-5-12)14-15(13(17)10-20-14)6-8-18-9-7-16/h2-5,14,16H,6-10H2,1H3. The van der Waals surface area contributed by atoms with Crippen LogP contribution in [0.3, 0.4) is 0 Å². The molecule has 4 nitrogen and oxygen atoms in total. The summed E-state index contributed by atoms with van der Waals surface area (Å²) in [5.41, 5.74) is 1.15. The minimum atomic E-state index is 0.0161. The first-order valence-corrected chi connectivity index (χ1v) is 8.77. The van der Waals surface area contributed by atoms with Gasteiger partial charge >= 0.3 is 0 Å². The third kappa shape index (κ3) is 3.91. The molecule has 0 radical (unpaired) electrons. The third-order valence-corrected chi connectivity index (χ3v) is 5.08. The molecule has 1 aliphatic heterocycles. The van der Waals surface area contributed by atoms with E-state index in [1.54, 1.807) is 23.5 Å². The van der Waals surface area contributed by atoms with Crippen LogP contribution in [0.25, 0.3) is 0 Å². The number of benzene rings is 1. The van der Waals surface area contributed by atoms with Gasteiger partial charge in [0.2, 0.25) is 5.91 Å². The number of carbonyl (C=O) groups is 1. The maximum absolute atomic E-state index is 11.9. The second kappa shape index (κ2) is 7.93. The average molecular weight is 313 g/mol. The van der Waals surface area contributed by atoms with Crippen molar-refractivity contribution in [3.63, 3.8) is 0 Å². The Bertz CT molecular complexity index is 439. The van der Waals surface area contributed by atoms with E-state index in [9.17, 15) is 4.79 Å². The molecule has 1 N–H and O–H groups in total. The zero-order valence-corrected chi connectivity index (χ0v) is 13.1. The van der Waals surface area contributed by atoms with Gasteiger partial charge < -0.3 is 14.7 Å². The molecule has 0 aliphatic carbocycles. The van der Waals surface area contributed by atoms with E-state index in [1.165, 1.54) is 4.90 Å². The summed E-state index contributed by atoms with van der Waals surface area (Å²) in [7, 11) is 0. The number of hydrogen-bond donors (Lipinski definition) is 1. The van der Waals surface area contributed by atoms with Crippen molar-refractivity contribution < 1.29 is 14.6 Å². The Morgan fingerprint density at radius 2 is 2.15 bits per heavy atom. The Balaban J connectivity index is 1.99. The number of hydrogen-bond acceptors (Lipinski definition) is 5. The fourth-order valence-corrected chi connectivity index (χ4v) is 3.70. The Morgan fingerprint density at radius 3 is 2.80 bits per heavy atom. The SMILES string of the molecule is CSc1ccc(C2SCC(=O)N2CCOCCO)cc1. The predicted molar refractivity (Wildman–Crippen MR) is 83.0 cm³/mol. The normalized spacial score (nSPS) is 18.8. The van der Waals surface area contributed by atoms with Crippen LogP contribution >= 0.6 is 23.5 Å². The molecule has 1 aromatic carbocycles. The van der Waals surface area contributed by atoms with Crippen LogP contribution in [-0.2, 0) is 9.53 Å². The minimum absolute atomic E-state index is 0.0161. The Labute approximate surface area is 127 Å². The summed E-state index contributed by atoms with van der Waals surface area (Å²) in [5.74, 6) is 0.677.